The summed E-state index contributed by atoms with van der Waals surface area (Å²) in [6.07, 6.45) is 0.673. The standard InChI is InChI=1S/C29H24N6O4S2/c1-39-27-15-12-21(35-26-9-5-3-7-24(26)32-33-35)18-23(27)28(36)31-29(40)30-20-10-13-22(14-11-20)41(37,38)34-17-16-19-6-2-4-8-25(19)34/h2-15,18H,16-17H2,1H3,(H2,30,31,36,40). The molecule has 0 fully saturated rings. The Morgan fingerprint density at radius 1 is 0.976 bits per heavy atom. The third kappa shape index (κ3) is 4.98. The highest BCUT2D eigenvalue weighted by molar-refractivity contribution is 7.92. The molecule has 0 atom stereocenters. The Balaban J connectivity index is 1.16. The number of methoxy groups -OCH3 is 1. The molecule has 0 unspecified atom stereocenters. The van der Waals surface area contributed by atoms with E-state index in [2.05, 4.69) is 20.9 Å². The van der Waals surface area contributed by atoms with Crippen molar-refractivity contribution in [1.82, 2.24) is 20.3 Å². The molecule has 4 aromatic carbocycles. The zero-order valence-corrected chi connectivity index (χ0v) is 23.4. The number of hydrogen-bond acceptors (Lipinski definition) is 7. The summed E-state index contributed by atoms with van der Waals surface area (Å²) in [5.74, 6) is -0.131. The summed E-state index contributed by atoms with van der Waals surface area (Å²) in [7, 11) is -2.24. The van der Waals surface area contributed by atoms with Crippen molar-refractivity contribution in [3.05, 3.63) is 102 Å². The van der Waals surface area contributed by atoms with Gasteiger partial charge >= 0.3 is 0 Å². The van der Waals surface area contributed by atoms with E-state index in [-0.39, 0.29) is 15.6 Å². The predicted octanol–water partition coefficient (Wildman–Crippen LogP) is 4.31. The molecule has 1 aliphatic rings. The van der Waals surface area contributed by atoms with E-state index in [0.717, 1.165) is 16.6 Å². The zero-order chi connectivity index (χ0) is 28.6. The summed E-state index contributed by atoms with van der Waals surface area (Å²) in [4.78, 5) is 13.4. The molecule has 206 valence electrons. The van der Waals surface area contributed by atoms with Gasteiger partial charge in [-0.05, 0) is 84.9 Å². The highest BCUT2D eigenvalue weighted by Gasteiger charge is 2.30. The third-order valence-corrected chi connectivity index (χ3v) is 8.83. The van der Waals surface area contributed by atoms with Crippen LogP contribution in [-0.4, -0.2) is 48.1 Å². The number of benzene rings is 4. The van der Waals surface area contributed by atoms with Gasteiger partial charge in [0, 0.05) is 12.2 Å². The van der Waals surface area contributed by atoms with Crippen LogP contribution in [0.2, 0.25) is 0 Å². The van der Waals surface area contributed by atoms with Gasteiger partial charge in [0.2, 0.25) is 0 Å². The maximum atomic E-state index is 13.3. The fourth-order valence-corrected chi connectivity index (χ4v) is 6.51. The molecule has 0 saturated heterocycles. The average Bonchev–Trinajstić information content (AvgIpc) is 3.62. The molecule has 2 heterocycles. The highest BCUT2D eigenvalue weighted by Crippen LogP contribution is 2.33. The van der Waals surface area contributed by atoms with Gasteiger partial charge in [0.25, 0.3) is 15.9 Å². The van der Waals surface area contributed by atoms with Crippen molar-refractivity contribution in [2.24, 2.45) is 0 Å². The minimum Gasteiger partial charge on any atom is -0.496 e. The summed E-state index contributed by atoms with van der Waals surface area (Å²) in [6, 6.07) is 26.3. The number of nitrogens with zero attached hydrogens (tertiary/aromatic N) is 4. The zero-order valence-electron chi connectivity index (χ0n) is 21.8. The number of ether oxygens (including phenoxy) is 1. The maximum absolute atomic E-state index is 13.3. The minimum absolute atomic E-state index is 0.0396. The van der Waals surface area contributed by atoms with Crippen LogP contribution in [0.3, 0.4) is 0 Å². The number of anilines is 2. The lowest BCUT2D eigenvalue weighted by atomic mass is 10.1. The van der Waals surface area contributed by atoms with Gasteiger partial charge in [-0.2, -0.15) is 0 Å². The van der Waals surface area contributed by atoms with E-state index in [0.29, 0.717) is 35.8 Å². The molecular formula is C29H24N6O4S2. The summed E-state index contributed by atoms with van der Waals surface area (Å²) < 4.78 is 35.0. The van der Waals surface area contributed by atoms with Crippen LogP contribution in [0.4, 0.5) is 11.4 Å². The van der Waals surface area contributed by atoms with E-state index in [1.807, 2.05) is 48.5 Å². The molecule has 1 aromatic heterocycles. The lowest BCUT2D eigenvalue weighted by molar-refractivity contribution is 0.0974. The average molecular weight is 585 g/mol. The van der Waals surface area contributed by atoms with E-state index in [9.17, 15) is 13.2 Å². The van der Waals surface area contributed by atoms with Crippen LogP contribution >= 0.6 is 12.2 Å². The van der Waals surface area contributed by atoms with Gasteiger partial charge in [0.1, 0.15) is 11.3 Å². The van der Waals surface area contributed by atoms with Gasteiger partial charge in [-0.15, -0.1) is 5.10 Å². The van der Waals surface area contributed by atoms with Crippen molar-refractivity contribution < 1.29 is 17.9 Å². The first kappa shape index (κ1) is 26.4. The Bertz CT molecular complexity index is 1900. The van der Waals surface area contributed by atoms with Crippen LogP contribution < -0.4 is 19.7 Å². The molecule has 0 aliphatic carbocycles. The van der Waals surface area contributed by atoms with Crippen molar-refractivity contribution in [3.63, 3.8) is 0 Å². The highest BCUT2D eigenvalue weighted by atomic mass is 32.2. The molecule has 0 bridgehead atoms. The van der Waals surface area contributed by atoms with Crippen molar-refractivity contribution >= 4 is 55.7 Å². The Kier molecular flexibility index (Phi) is 6.85. The smallest absolute Gasteiger partial charge is 0.264 e. The van der Waals surface area contributed by atoms with E-state index in [1.165, 1.54) is 23.5 Å². The quantitative estimate of drug-likeness (QED) is 0.284. The number of para-hydroxylation sites is 2. The summed E-state index contributed by atoms with van der Waals surface area (Å²) in [6.45, 7) is 0.398. The second kappa shape index (κ2) is 10.6. The van der Waals surface area contributed by atoms with Gasteiger partial charge < -0.3 is 10.1 Å². The van der Waals surface area contributed by atoms with Crippen LogP contribution in [0.1, 0.15) is 15.9 Å². The van der Waals surface area contributed by atoms with Crippen LogP contribution in [0.5, 0.6) is 5.75 Å². The first-order valence-electron chi connectivity index (χ1n) is 12.7. The van der Waals surface area contributed by atoms with Crippen LogP contribution in [0.15, 0.2) is 95.9 Å². The molecule has 5 aromatic rings. The second-order valence-electron chi connectivity index (χ2n) is 9.26. The summed E-state index contributed by atoms with van der Waals surface area (Å²) in [5.41, 5.74) is 4.62. The predicted molar refractivity (Wildman–Crippen MR) is 160 cm³/mol. The number of amides is 1. The monoisotopic (exact) mass is 584 g/mol. The lowest BCUT2D eigenvalue weighted by Crippen LogP contribution is -2.34. The Morgan fingerprint density at radius 3 is 2.54 bits per heavy atom. The van der Waals surface area contributed by atoms with Gasteiger partial charge in [-0.3, -0.25) is 14.4 Å². The van der Waals surface area contributed by atoms with E-state index in [4.69, 9.17) is 17.0 Å². The largest absolute Gasteiger partial charge is 0.496 e. The molecule has 41 heavy (non-hydrogen) atoms. The van der Waals surface area contributed by atoms with Gasteiger partial charge in [0.15, 0.2) is 5.11 Å². The van der Waals surface area contributed by atoms with Crippen molar-refractivity contribution in [2.75, 3.05) is 23.3 Å². The molecule has 0 saturated carbocycles. The first-order chi connectivity index (χ1) is 19.8. The van der Waals surface area contributed by atoms with Gasteiger partial charge in [-0.1, -0.05) is 35.5 Å². The summed E-state index contributed by atoms with van der Waals surface area (Å²) >= 11 is 5.37. The topological polar surface area (TPSA) is 118 Å². The number of rotatable bonds is 6. The molecule has 6 rings (SSSR count). The number of carbonyl (C=O) groups is 1. The lowest BCUT2D eigenvalue weighted by Gasteiger charge is -2.20. The fraction of sp³-hybridized carbons (Fsp3) is 0.103. The van der Waals surface area contributed by atoms with Crippen molar-refractivity contribution in [3.8, 4) is 11.4 Å². The van der Waals surface area contributed by atoms with Crippen LogP contribution in [0.25, 0.3) is 16.7 Å². The minimum atomic E-state index is -3.72. The molecule has 1 aliphatic heterocycles. The molecular weight excluding hydrogens is 560 g/mol. The van der Waals surface area contributed by atoms with Gasteiger partial charge in [-0.25, -0.2) is 13.1 Å². The SMILES string of the molecule is COc1ccc(-n2nnc3ccccc32)cc1C(=O)NC(=S)Nc1ccc(S(=O)(=O)N2CCc3ccccc32)cc1. The number of aromatic nitrogens is 3. The van der Waals surface area contributed by atoms with Crippen molar-refractivity contribution in [2.45, 2.75) is 11.3 Å². The van der Waals surface area contributed by atoms with Crippen LogP contribution in [-0.2, 0) is 16.4 Å². The third-order valence-electron chi connectivity index (χ3n) is 6.80. The second-order valence-corrected chi connectivity index (χ2v) is 11.5. The maximum Gasteiger partial charge on any atom is 0.264 e. The van der Waals surface area contributed by atoms with Crippen molar-refractivity contribution in [1.29, 1.82) is 0 Å². The van der Waals surface area contributed by atoms with E-state index in [1.54, 1.807) is 35.0 Å². The molecule has 10 nitrogen and oxygen atoms in total. The Morgan fingerprint density at radius 2 is 1.73 bits per heavy atom. The number of fused-ring (bicyclic) bond motifs is 2. The molecule has 0 radical (unpaired) electrons. The molecule has 2 N–H and O–H groups in total. The Labute approximate surface area is 241 Å². The van der Waals surface area contributed by atoms with E-state index >= 15 is 0 Å². The first-order valence-corrected chi connectivity index (χ1v) is 14.5. The molecule has 1 amide bonds. The normalized spacial score (nSPS) is 12.7. The fourth-order valence-electron chi connectivity index (χ4n) is 4.79. The Hall–Kier alpha value is -4.81. The number of hydrogen-bond donors (Lipinski definition) is 2. The number of thiocarbonyl (C=S) groups is 1. The van der Waals surface area contributed by atoms with Crippen LogP contribution in [0, 0.1) is 0 Å². The molecule has 0 spiro atoms. The summed E-state index contributed by atoms with van der Waals surface area (Å²) in [5, 5.41) is 14.0. The number of sulfonamides is 1. The number of carbonyl (C=O) groups excluding carboxylic acids is 1. The van der Waals surface area contributed by atoms with Gasteiger partial charge in [0.05, 0.1) is 34.5 Å². The van der Waals surface area contributed by atoms with E-state index < -0.39 is 15.9 Å². The number of nitrogens with one attached hydrogen (secondary N) is 2. The molecule has 12 heteroatoms.